The second-order valence-corrected chi connectivity index (χ2v) is 8.17. The van der Waals surface area contributed by atoms with E-state index in [1.807, 2.05) is 31.2 Å². The van der Waals surface area contributed by atoms with Crippen LogP contribution >= 0.6 is 0 Å². The van der Waals surface area contributed by atoms with Gasteiger partial charge >= 0.3 is 0 Å². The predicted octanol–water partition coefficient (Wildman–Crippen LogP) is 3.96. The number of methoxy groups -OCH3 is 1. The van der Waals surface area contributed by atoms with Crippen molar-refractivity contribution in [1.82, 2.24) is 0 Å². The summed E-state index contributed by atoms with van der Waals surface area (Å²) in [5.41, 5.74) is 2.59. The van der Waals surface area contributed by atoms with Crippen LogP contribution in [0.4, 0.5) is 17.1 Å². The molecule has 9 heteroatoms. The van der Waals surface area contributed by atoms with Crippen LogP contribution in [0.3, 0.4) is 0 Å². The molecule has 2 heterocycles. The fourth-order valence-electron chi connectivity index (χ4n) is 4.57. The molecule has 3 atom stereocenters. The van der Waals surface area contributed by atoms with Gasteiger partial charge in [-0.1, -0.05) is 36.4 Å². The van der Waals surface area contributed by atoms with Crippen molar-refractivity contribution in [3.63, 3.8) is 0 Å². The number of rotatable bonds is 5. The molecule has 0 aromatic heterocycles. The van der Waals surface area contributed by atoms with Gasteiger partial charge in [-0.25, -0.2) is 9.96 Å². The molecule has 0 bridgehead atoms. The summed E-state index contributed by atoms with van der Waals surface area (Å²) in [5.74, 6) is -1.18. The standard InChI is InChI=1S/C25H21N3O6/c1-15-6-3-4-9-20(15)27-22(16-10-12-17(13-11-16)28(31)32)21-23(34-27)25(30)26(24(21)29)18-7-5-8-19(14-18)33-2/h3-14,21-23H,1-2H3. The second-order valence-electron chi connectivity index (χ2n) is 8.17. The van der Waals surface area contributed by atoms with E-state index in [1.165, 1.54) is 19.2 Å². The van der Waals surface area contributed by atoms with Crippen LogP contribution < -0.4 is 14.7 Å². The number of nitro benzene ring substituents is 1. The molecule has 34 heavy (non-hydrogen) atoms. The minimum atomic E-state index is -1.03. The number of benzene rings is 3. The molecule has 2 aliphatic heterocycles. The van der Waals surface area contributed by atoms with Gasteiger partial charge in [-0.15, -0.1) is 0 Å². The third-order valence-corrected chi connectivity index (χ3v) is 6.23. The molecule has 3 aromatic carbocycles. The number of non-ortho nitro benzene ring substituents is 1. The Labute approximate surface area is 195 Å². The molecule has 2 saturated heterocycles. The lowest BCUT2D eigenvalue weighted by molar-refractivity contribution is -0.384. The molecule has 2 amide bonds. The maximum absolute atomic E-state index is 13.7. The van der Waals surface area contributed by atoms with E-state index in [-0.39, 0.29) is 5.69 Å². The Bertz CT molecular complexity index is 1290. The lowest BCUT2D eigenvalue weighted by atomic mass is 9.90. The number of fused-ring (bicyclic) bond motifs is 1. The Kier molecular flexibility index (Phi) is 5.25. The normalized spacial score (nSPS) is 21.6. The molecule has 2 fully saturated rings. The SMILES string of the molecule is COc1cccc(N2C(=O)C3ON(c4ccccc4C)C(c4ccc([N+](=O)[O-])cc4)C3C2=O)c1. The van der Waals surface area contributed by atoms with Gasteiger partial charge in [0.05, 0.1) is 29.4 Å². The molecule has 3 aromatic rings. The number of hydrogen-bond donors (Lipinski definition) is 0. The maximum Gasteiger partial charge on any atom is 0.269 e. The van der Waals surface area contributed by atoms with Crippen LogP contribution in [0.2, 0.25) is 0 Å². The lowest BCUT2D eigenvalue weighted by Gasteiger charge is -2.29. The van der Waals surface area contributed by atoms with Gasteiger partial charge in [0.25, 0.3) is 11.6 Å². The average Bonchev–Trinajstić information content (AvgIpc) is 3.35. The zero-order valence-electron chi connectivity index (χ0n) is 18.5. The highest BCUT2D eigenvalue weighted by molar-refractivity contribution is 6.24. The predicted molar refractivity (Wildman–Crippen MR) is 123 cm³/mol. The molecule has 0 radical (unpaired) electrons. The molecular formula is C25H21N3O6. The number of nitrogens with zero attached hydrogens (tertiary/aromatic N) is 3. The van der Waals surface area contributed by atoms with Gasteiger partial charge in [0.1, 0.15) is 11.7 Å². The first-order valence-electron chi connectivity index (χ1n) is 10.7. The van der Waals surface area contributed by atoms with Gasteiger partial charge in [-0.05, 0) is 36.2 Å². The number of aryl methyl sites for hydroxylation is 1. The monoisotopic (exact) mass is 459 g/mol. The van der Waals surface area contributed by atoms with E-state index in [0.717, 1.165) is 10.5 Å². The Balaban J connectivity index is 1.59. The number of carbonyl (C=O) groups excluding carboxylic acids is 2. The van der Waals surface area contributed by atoms with E-state index in [1.54, 1.807) is 41.5 Å². The van der Waals surface area contributed by atoms with E-state index in [0.29, 0.717) is 22.7 Å². The van der Waals surface area contributed by atoms with Crippen molar-refractivity contribution >= 4 is 28.9 Å². The second kappa shape index (κ2) is 8.27. The summed E-state index contributed by atoms with van der Waals surface area (Å²) < 4.78 is 5.24. The highest BCUT2D eigenvalue weighted by atomic mass is 16.7. The highest BCUT2D eigenvalue weighted by Gasteiger charge is 2.60. The van der Waals surface area contributed by atoms with Gasteiger partial charge in [0.2, 0.25) is 5.91 Å². The van der Waals surface area contributed by atoms with Crippen molar-refractivity contribution in [2.24, 2.45) is 5.92 Å². The van der Waals surface area contributed by atoms with Crippen molar-refractivity contribution in [2.75, 3.05) is 17.1 Å². The number of carbonyl (C=O) groups is 2. The molecule has 0 spiro atoms. The van der Waals surface area contributed by atoms with Gasteiger partial charge in [-0.3, -0.25) is 24.5 Å². The third kappa shape index (κ3) is 3.37. The average molecular weight is 459 g/mol. The Morgan fingerprint density at radius 2 is 1.71 bits per heavy atom. The molecule has 172 valence electrons. The topological polar surface area (TPSA) is 102 Å². The lowest BCUT2D eigenvalue weighted by Crippen LogP contribution is -2.37. The van der Waals surface area contributed by atoms with Crippen LogP contribution in [0, 0.1) is 23.0 Å². The summed E-state index contributed by atoms with van der Waals surface area (Å²) in [6.07, 6.45) is -1.03. The molecule has 2 aliphatic rings. The van der Waals surface area contributed by atoms with Crippen molar-refractivity contribution in [2.45, 2.75) is 19.1 Å². The van der Waals surface area contributed by atoms with Crippen molar-refractivity contribution in [1.29, 1.82) is 0 Å². The number of para-hydroxylation sites is 1. The fraction of sp³-hybridized carbons (Fsp3) is 0.200. The Morgan fingerprint density at radius 3 is 2.38 bits per heavy atom. The molecular weight excluding hydrogens is 438 g/mol. The van der Waals surface area contributed by atoms with E-state index in [4.69, 9.17) is 9.57 Å². The summed E-state index contributed by atoms with van der Waals surface area (Å²) in [7, 11) is 1.51. The van der Waals surface area contributed by atoms with Crippen molar-refractivity contribution < 1.29 is 24.1 Å². The zero-order chi connectivity index (χ0) is 24.0. The molecule has 5 rings (SSSR count). The summed E-state index contributed by atoms with van der Waals surface area (Å²) in [4.78, 5) is 45.0. The van der Waals surface area contributed by atoms with E-state index in [9.17, 15) is 19.7 Å². The van der Waals surface area contributed by atoms with E-state index >= 15 is 0 Å². The molecule has 0 N–H and O–H groups in total. The number of hydroxylamine groups is 1. The van der Waals surface area contributed by atoms with Crippen LogP contribution in [0.25, 0.3) is 0 Å². The van der Waals surface area contributed by atoms with Crippen molar-refractivity contribution in [3.8, 4) is 5.75 Å². The first-order valence-corrected chi connectivity index (χ1v) is 10.7. The van der Waals surface area contributed by atoms with Crippen LogP contribution in [0.15, 0.2) is 72.8 Å². The van der Waals surface area contributed by atoms with Gasteiger partial charge < -0.3 is 4.74 Å². The smallest absolute Gasteiger partial charge is 0.269 e. The summed E-state index contributed by atoms with van der Waals surface area (Å²) in [5, 5.41) is 12.7. The number of imide groups is 1. The van der Waals surface area contributed by atoms with Crippen molar-refractivity contribution in [3.05, 3.63) is 94.0 Å². The number of ether oxygens (including phenoxy) is 1. The number of anilines is 2. The quantitative estimate of drug-likeness (QED) is 0.323. The van der Waals surface area contributed by atoms with Crippen LogP contribution in [-0.2, 0) is 14.4 Å². The van der Waals surface area contributed by atoms with Crippen LogP contribution in [-0.4, -0.2) is 30.0 Å². The van der Waals surface area contributed by atoms with Crippen LogP contribution in [0.1, 0.15) is 17.2 Å². The fourth-order valence-corrected chi connectivity index (χ4v) is 4.57. The minimum absolute atomic E-state index is 0.0616. The summed E-state index contributed by atoms with van der Waals surface area (Å²) >= 11 is 0. The van der Waals surface area contributed by atoms with Crippen LogP contribution in [0.5, 0.6) is 5.75 Å². The minimum Gasteiger partial charge on any atom is -0.497 e. The number of amides is 2. The van der Waals surface area contributed by atoms with Gasteiger partial charge in [-0.2, -0.15) is 0 Å². The molecule has 0 aliphatic carbocycles. The summed E-state index contributed by atoms with van der Waals surface area (Å²) in [6, 6.07) is 19.5. The molecule has 3 unspecified atom stereocenters. The van der Waals surface area contributed by atoms with E-state index in [2.05, 4.69) is 0 Å². The van der Waals surface area contributed by atoms with Gasteiger partial charge in [0, 0.05) is 18.2 Å². The largest absolute Gasteiger partial charge is 0.497 e. The number of nitro groups is 1. The Morgan fingerprint density at radius 1 is 0.971 bits per heavy atom. The first-order chi connectivity index (χ1) is 16.4. The third-order valence-electron chi connectivity index (χ3n) is 6.23. The summed E-state index contributed by atoms with van der Waals surface area (Å²) in [6.45, 7) is 1.91. The number of hydrogen-bond acceptors (Lipinski definition) is 7. The maximum atomic E-state index is 13.7. The Hall–Kier alpha value is -4.24. The molecule has 9 nitrogen and oxygen atoms in total. The zero-order valence-corrected chi connectivity index (χ0v) is 18.5. The first kappa shape index (κ1) is 21.6. The van der Waals surface area contributed by atoms with E-state index < -0.39 is 34.8 Å². The molecule has 0 saturated carbocycles. The highest BCUT2D eigenvalue weighted by Crippen LogP contribution is 2.48. The van der Waals surface area contributed by atoms with Gasteiger partial charge in [0.15, 0.2) is 6.10 Å².